The van der Waals surface area contributed by atoms with E-state index < -0.39 is 28.3 Å². The third kappa shape index (κ3) is 3.00. The highest BCUT2D eigenvalue weighted by Crippen LogP contribution is 2.33. The number of nitrogens with zero attached hydrogens (tertiary/aromatic N) is 4. The van der Waals surface area contributed by atoms with Gasteiger partial charge in [-0.15, -0.1) is 11.3 Å². The lowest BCUT2D eigenvalue weighted by Crippen LogP contribution is -2.54. The first kappa shape index (κ1) is 16.1. The maximum atomic E-state index is 12.1. The van der Waals surface area contributed by atoms with Crippen LogP contribution in [0.15, 0.2) is 18.6 Å². The van der Waals surface area contributed by atoms with Gasteiger partial charge in [-0.2, -0.15) is 22.5 Å². The number of aryl methyl sites for hydroxylation is 1. The van der Waals surface area contributed by atoms with E-state index in [1.54, 1.807) is 24.1 Å². The van der Waals surface area contributed by atoms with Crippen molar-refractivity contribution in [2.24, 2.45) is 7.05 Å². The molecule has 0 bridgehead atoms. The van der Waals surface area contributed by atoms with Crippen LogP contribution in [0.1, 0.15) is 17.5 Å². The molecule has 0 spiro atoms. The van der Waals surface area contributed by atoms with Gasteiger partial charge in [0.05, 0.1) is 17.1 Å². The Bertz CT molecular complexity index is 843. The number of carboxylic acids is 1. The summed E-state index contributed by atoms with van der Waals surface area (Å²) in [6, 6.07) is -1.77. The summed E-state index contributed by atoms with van der Waals surface area (Å²) in [6.45, 7) is 0. The first-order valence-electron chi connectivity index (χ1n) is 6.71. The Hall–Kier alpha value is -1.82. The Morgan fingerprint density at radius 3 is 2.78 bits per heavy atom. The lowest BCUT2D eigenvalue weighted by Gasteiger charge is -2.33. The van der Waals surface area contributed by atoms with Gasteiger partial charge in [0.25, 0.3) is 10.2 Å². The Morgan fingerprint density at radius 1 is 1.43 bits per heavy atom. The molecule has 3 heterocycles. The predicted molar refractivity (Wildman–Crippen MR) is 82.9 cm³/mol. The van der Waals surface area contributed by atoms with E-state index in [1.165, 1.54) is 18.4 Å². The van der Waals surface area contributed by atoms with Crippen molar-refractivity contribution in [1.29, 1.82) is 0 Å². The van der Waals surface area contributed by atoms with Crippen LogP contribution in [0.25, 0.3) is 10.4 Å². The summed E-state index contributed by atoms with van der Waals surface area (Å²) in [7, 11) is -0.802. The van der Waals surface area contributed by atoms with E-state index in [1.807, 2.05) is 6.20 Å². The van der Waals surface area contributed by atoms with Gasteiger partial charge in [0.1, 0.15) is 11.0 Å². The van der Waals surface area contributed by atoms with Crippen LogP contribution < -0.4 is 4.72 Å². The first-order chi connectivity index (χ1) is 10.8. The minimum atomic E-state index is -3.85. The van der Waals surface area contributed by atoms with Crippen LogP contribution in [0.3, 0.4) is 0 Å². The standard InChI is InChI=1S/C12H15N5O4S2/c1-16-6-7(4-14-16)10-5-13-11(22-10)8-3-9(12(18)19)17(2)23(20,21)15-8/h4-6,8-9,15H,3H2,1-2H3,(H,18,19). The molecular formula is C12H15N5O4S2. The molecule has 1 aliphatic rings. The zero-order valence-corrected chi connectivity index (χ0v) is 14.0. The summed E-state index contributed by atoms with van der Waals surface area (Å²) < 4.78 is 29.1. The van der Waals surface area contributed by atoms with Crippen molar-refractivity contribution in [3.8, 4) is 10.4 Å². The van der Waals surface area contributed by atoms with Crippen LogP contribution >= 0.6 is 11.3 Å². The van der Waals surface area contributed by atoms with E-state index >= 15 is 0 Å². The van der Waals surface area contributed by atoms with Crippen molar-refractivity contribution < 1.29 is 18.3 Å². The lowest BCUT2D eigenvalue weighted by molar-refractivity contribution is -0.141. The summed E-state index contributed by atoms with van der Waals surface area (Å²) in [5.74, 6) is -1.17. The van der Waals surface area contributed by atoms with Gasteiger partial charge < -0.3 is 5.11 Å². The van der Waals surface area contributed by atoms with Crippen LogP contribution in [0, 0.1) is 0 Å². The van der Waals surface area contributed by atoms with E-state index in [0.717, 1.165) is 14.7 Å². The van der Waals surface area contributed by atoms with Gasteiger partial charge in [-0.3, -0.25) is 9.48 Å². The highest BCUT2D eigenvalue weighted by molar-refractivity contribution is 7.87. The van der Waals surface area contributed by atoms with Crippen LogP contribution in [-0.2, 0) is 22.1 Å². The van der Waals surface area contributed by atoms with E-state index in [-0.39, 0.29) is 6.42 Å². The number of hydrogen-bond acceptors (Lipinski definition) is 6. The second kappa shape index (κ2) is 5.67. The Kier molecular flexibility index (Phi) is 3.96. The SMILES string of the molecule is CN1C(C(=O)O)CC(c2ncc(-c3cnn(C)c3)s2)NS1(=O)=O. The number of thiazole rings is 1. The summed E-state index contributed by atoms with van der Waals surface area (Å²) in [5.41, 5.74) is 0.877. The summed E-state index contributed by atoms with van der Waals surface area (Å²) in [5, 5.41) is 13.8. The predicted octanol–water partition coefficient (Wildman–Crippen LogP) is 0.208. The largest absolute Gasteiger partial charge is 0.480 e. The van der Waals surface area contributed by atoms with Crippen LogP contribution in [0.5, 0.6) is 0 Å². The fraction of sp³-hybridized carbons (Fsp3) is 0.417. The van der Waals surface area contributed by atoms with Crippen molar-refractivity contribution in [3.63, 3.8) is 0 Å². The second-order valence-electron chi connectivity index (χ2n) is 5.25. The molecule has 23 heavy (non-hydrogen) atoms. The van der Waals surface area contributed by atoms with Crippen LogP contribution in [-0.4, -0.2) is 51.7 Å². The van der Waals surface area contributed by atoms with E-state index in [2.05, 4.69) is 14.8 Å². The fourth-order valence-electron chi connectivity index (χ4n) is 2.39. The number of carbonyl (C=O) groups is 1. The number of aromatic nitrogens is 3. The molecule has 2 N–H and O–H groups in total. The summed E-state index contributed by atoms with van der Waals surface area (Å²) >= 11 is 1.32. The average molecular weight is 357 g/mol. The molecule has 0 aliphatic carbocycles. The molecule has 124 valence electrons. The number of nitrogens with one attached hydrogen (secondary N) is 1. The molecule has 2 aromatic heterocycles. The molecule has 3 rings (SSSR count). The number of aliphatic carboxylic acids is 1. The van der Waals surface area contributed by atoms with Crippen LogP contribution in [0.2, 0.25) is 0 Å². The Morgan fingerprint density at radius 2 is 2.17 bits per heavy atom. The van der Waals surface area contributed by atoms with Gasteiger partial charge in [-0.05, 0) is 6.42 Å². The van der Waals surface area contributed by atoms with Crippen molar-refractivity contribution in [1.82, 2.24) is 23.8 Å². The molecule has 9 nitrogen and oxygen atoms in total. The molecule has 11 heteroatoms. The third-order valence-corrected chi connectivity index (χ3v) is 6.42. The van der Waals surface area contributed by atoms with Gasteiger partial charge in [-0.1, -0.05) is 0 Å². The molecule has 2 atom stereocenters. The minimum Gasteiger partial charge on any atom is -0.480 e. The van der Waals surface area contributed by atoms with Crippen LogP contribution in [0.4, 0.5) is 0 Å². The molecule has 0 saturated carbocycles. The molecule has 0 radical (unpaired) electrons. The Balaban J connectivity index is 1.90. The highest BCUT2D eigenvalue weighted by atomic mass is 32.2. The van der Waals surface area contributed by atoms with E-state index in [9.17, 15) is 18.3 Å². The zero-order valence-electron chi connectivity index (χ0n) is 12.4. The number of carboxylic acid groups (broad SMARTS) is 1. The second-order valence-corrected chi connectivity index (χ2v) is 8.07. The molecule has 1 fully saturated rings. The summed E-state index contributed by atoms with van der Waals surface area (Å²) in [4.78, 5) is 16.4. The smallest absolute Gasteiger partial charge is 0.322 e. The van der Waals surface area contributed by atoms with Crippen molar-refractivity contribution in [3.05, 3.63) is 23.6 Å². The molecule has 2 aromatic rings. The van der Waals surface area contributed by atoms with Gasteiger partial charge in [0.15, 0.2) is 0 Å². The lowest BCUT2D eigenvalue weighted by atomic mass is 10.1. The molecule has 0 aromatic carbocycles. The molecular weight excluding hydrogens is 342 g/mol. The number of rotatable bonds is 3. The first-order valence-corrected chi connectivity index (χ1v) is 8.96. The third-order valence-electron chi connectivity index (χ3n) is 3.66. The monoisotopic (exact) mass is 357 g/mol. The van der Waals surface area contributed by atoms with Crippen molar-refractivity contribution in [2.75, 3.05) is 7.05 Å². The van der Waals surface area contributed by atoms with E-state index in [0.29, 0.717) is 5.01 Å². The maximum absolute atomic E-state index is 12.1. The number of hydrogen-bond donors (Lipinski definition) is 2. The fourth-order valence-corrected chi connectivity index (χ4v) is 4.66. The van der Waals surface area contributed by atoms with Gasteiger partial charge in [-0.25, -0.2) is 4.98 Å². The quantitative estimate of drug-likeness (QED) is 0.811. The average Bonchev–Trinajstić information content (AvgIpc) is 3.09. The van der Waals surface area contributed by atoms with E-state index in [4.69, 9.17) is 0 Å². The van der Waals surface area contributed by atoms with Gasteiger partial charge in [0, 0.05) is 32.1 Å². The number of likely N-dealkylation sites (N-methyl/N-ethyl adjacent to an activating group) is 1. The van der Waals surface area contributed by atoms with Gasteiger partial charge in [0.2, 0.25) is 0 Å². The molecule has 0 amide bonds. The summed E-state index contributed by atoms with van der Waals surface area (Å²) in [6.07, 6.45) is 5.27. The zero-order chi connectivity index (χ0) is 16.8. The van der Waals surface area contributed by atoms with Crippen molar-refractivity contribution in [2.45, 2.75) is 18.5 Å². The minimum absolute atomic E-state index is 0.116. The molecule has 2 unspecified atom stereocenters. The normalized spacial score (nSPS) is 24.6. The highest BCUT2D eigenvalue weighted by Gasteiger charge is 2.41. The van der Waals surface area contributed by atoms with Gasteiger partial charge >= 0.3 is 5.97 Å². The molecule has 1 saturated heterocycles. The Labute approximate surface area is 136 Å². The van der Waals surface area contributed by atoms with Crippen molar-refractivity contribution >= 4 is 27.5 Å². The topological polar surface area (TPSA) is 117 Å². The maximum Gasteiger partial charge on any atom is 0.322 e. The molecule has 1 aliphatic heterocycles.